The van der Waals surface area contributed by atoms with Gasteiger partial charge in [0, 0.05) is 20.6 Å². The lowest BCUT2D eigenvalue weighted by Crippen LogP contribution is -2.29. The highest BCUT2D eigenvalue weighted by atomic mass is 79.9. The molecule has 2 heterocycles. The molecule has 0 saturated carbocycles. The Bertz CT molecular complexity index is 1250. The molecule has 1 aliphatic heterocycles. The molecule has 3 aromatic rings. The minimum absolute atomic E-state index is 0.0745. The fourth-order valence-electron chi connectivity index (χ4n) is 3.61. The van der Waals surface area contributed by atoms with Gasteiger partial charge in [-0.1, -0.05) is 34.1 Å². The van der Waals surface area contributed by atoms with Crippen molar-refractivity contribution < 1.29 is 27.9 Å². The highest BCUT2D eigenvalue weighted by molar-refractivity contribution is 9.10. The van der Waals surface area contributed by atoms with Gasteiger partial charge in [-0.15, -0.1) is 11.3 Å². The number of carbonyl (C=O) groups is 2. The third kappa shape index (κ3) is 3.86. The van der Waals surface area contributed by atoms with Gasteiger partial charge in [0.15, 0.2) is 0 Å². The number of alkyl halides is 3. The van der Waals surface area contributed by atoms with Crippen LogP contribution < -0.4 is 4.90 Å². The Hall–Kier alpha value is -2.91. The van der Waals surface area contributed by atoms with Crippen molar-refractivity contribution in [3.8, 4) is 0 Å². The summed E-state index contributed by atoms with van der Waals surface area (Å²) in [7, 11) is 0. The summed E-state index contributed by atoms with van der Waals surface area (Å²) in [6, 6.07) is 11.5. The topological polar surface area (TPSA) is 57.6 Å². The maximum Gasteiger partial charge on any atom is 0.416 e. The molecule has 4 rings (SSSR count). The number of hydrogen-bond acceptors (Lipinski definition) is 4. The van der Waals surface area contributed by atoms with Gasteiger partial charge in [-0.05, 0) is 54.3 Å². The average molecular weight is 522 g/mol. The molecule has 0 radical (unpaired) electrons. The van der Waals surface area contributed by atoms with Crippen molar-refractivity contribution in [2.45, 2.75) is 19.1 Å². The molecule has 1 N–H and O–H groups in total. The number of anilines is 1. The van der Waals surface area contributed by atoms with Gasteiger partial charge >= 0.3 is 6.18 Å². The van der Waals surface area contributed by atoms with Crippen LogP contribution in [-0.4, -0.2) is 16.8 Å². The van der Waals surface area contributed by atoms with Crippen molar-refractivity contribution in [3.05, 3.63) is 91.6 Å². The summed E-state index contributed by atoms with van der Waals surface area (Å²) in [4.78, 5) is 27.7. The van der Waals surface area contributed by atoms with E-state index in [4.69, 9.17) is 0 Å². The zero-order valence-corrected chi connectivity index (χ0v) is 18.9. The molecule has 9 heteroatoms. The van der Waals surface area contributed by atoms with Crippen LogP contribution in [0, 0.1) is 6.92 Å². The second-order valence-electron chi connectivity index (χ2n) is 7.19. The van der Waals surface area contributed by atoms with Gasteiger partial charge in [-0.2, -0.15) is 13.2 Å². The van der Waals surface area contributed by atoms with Crippen molar-refractivity contribution in [3.63, 3.8) is 0 Å². The maximum absolute atomic E-state index is 13.3. The summed E-state index contributed by atoms with van der Waals surface area (Å²) in [5.74, 6) is -2.34. The standard InChI is InChI=1S/C23H15BrF3NO3S/c1-12-9-10-32-21(12)18-17(19(29)13-5-7-15(24)8-6-13)20(30)22(31)28(18)16-4-2-3-14(11-16)23(25,26)27/h2-11,18,29H,1H3/b19-17-. The molecule has 1 amide bonds. The number of benzene rings is 2. The van der Waals surface area contributed by atoms with Gasteiger partial charge in [-0.25, -0.2) is 0 Å². The Morgan fingerprint density at radius 3 is 2.38 bits per heavy atom. The zero-order chi connectivity index (χ0) is 23.2. The molecule has 1 unspecified atom stereocenters. The van der Waals surface area contributed by atoms with E-state index in [1.165, 1.54) is 23.5 Å². The number of hydrogen-bond donors (Lipinski definition) is 1. The van der Waals surface area contributed by atoms with E-state index >= 15 is 0 Å². The molecule has 1 aliphatic rings. The van der Waals surface area contributed by atoms with Crippen molar-refractivity contribution in [1.82, 2.24) is 0 Å². The average Bonchev–Trinajstić information content (AvgIpc) is 3.28. The summed E-state index contributed by atoms with van der Waals surface area (Å²) in [5, 5.41) is 12.8. The van der Waals surface area contributed by atoms with E-state index in [0.29, 0.717) is 10.4 Å². The molecular formula is C23H15BrF3NO3S. The van der Waals surface area contributed by atoms with Gasteiger partial charge in [-0.3, -0.25) is 14.5 Å². The SMILES string of the molecule is Cc1ccsc1C1/C(=C(/O)c2ccc(Br)cc2)C(=O)C(=O)N1c1cccc(C(F)(F)F)c1. The largest absolute Gasteiger partial charge is 0.507 e. The number of nitrogens with zero attached hydrogens (tertiary/aromatic N) is 1. The van der Waals surface area contributed by atoms with Crippen LogP contribution in [0.1, 0.15) is 27.6 Å². The molecule has 0 aliphatic carbocycles. The van der Waals surface area contributed by atoms with Crippen molar-refractivity contribution >= 4 is 50.4 Å². The number of Topliss-reactive ketones (excluding diaryl/α,β-unsaturated/α-hetero) is 1. The predicted octanol–water partition coefficient (Wildman–Crippen LogP) is 6.46. The predicted molar refractivity (Wildman–Crippen MR) is 119 cm³/mol. The summed E-state index contributed by atoms with van der Waals surface area (Å²) in [6.45, 7) is 1.78. The van der Waals surface area contributed by atoms with Crippen LogP contribution in [0.15, 0.2) is 70.0 Å². The van der Waals surface area contributed by atoms with E-state index in [1.807, 2.05) is 0 Å². The van der Waals surface area contributed by atoms with E-state index in [2.05, 4.69) is 15.9 Å². The minimum Gasteiger partial charge on any atom is -0.507 e. The van der Waals surface area contributed by atoms with Gasteiger partial charge < -0.3 is 5.11 Å². The molecular weight excluding hydrogens is 507 g/mol. The van der Waals surface area contributed by atoms with Gasteiger partial charge in [0.1, 0.15) is 11.8 Å². The third-order valence-corrected chi connectivity index (χ3v) is 6.76. The van der Waals surface area contributed by atoms with E-state index in [1.54, 1.807) is 42.6 Å². The molecule has 4 nitrogen and oxygen atoms in total. The normalized spacial score (nSPS) is 18.4. The third-order valence-electron chi connectivity index (χ3n) is 5.16. The second-order valence-corrected chi connectivity index (χ2v) is 9.06. The first-order valence-corrected chi connectivity index (χ1v) is 11.0. The molecule has 1 aromatic heterocycles. The molecule has 2 aromatic carbocycles. The number of carbonyl (C=O) groups excluding carboxylic acids is 2. The van der Waals surface area contributed by atoms with Crippen molar-refractivity contribution in [1.29, 1.82) is 0 Å². The number of thiophene rings is 1. The first kappa shape index (κ1) is 22.3. The van der Waals surface area contributed by atoms with E-state index in [0.717, 1.165) is 27.1 Å². The van der Waals surface area contributed by atoms with Crippen LogP contribution in [-0.2, 0) is 15.8 Å². The van der Waals surface area contributed by atoms with E-state index < -0.39 is 29.5 Å². The quantitative estimate of drug-likeness (QED) is 0.244. The number of aliphatic hydroxyl groups excluding tert-OH is 1. The molecule has 164 valence electrons. The molecule has 0 bridgehead atoms. The molecule has 1 saturated heterocycles. The number of aliphatic hydroxyl groups is 1. The lowest BCUT2D eigenvalue weighted by atomic mass is 9.98. The Labute approximate surface area is 193 Å². The fourth-order valence-corrected chi connectivity index (χ4v) is 4.90. The highest BCUT2D eigenvalue weighted by Gasteiger charge is 2.48. The molecule has 1 fully saturated rings. The van der Waals surface area contributed by atoms with Crippen LogP contribution >= 0.6 is 27.3 Å². The molecule has 0 spiro atoms. The minimum atomic E-state index is -4.62. The van der Waals surface area contributed by atoms with Gasteiger partial charge in [0.2, 0.25) is 0 Å². The first-order chi connectivity index (χ1) is 15.1. The number of aryl methyl sites for hydroxylation is 1. The van der Waals surface area contributed by atoms with E-state index in [-0.39, 0.29) is 17.0 Å². The maximum atomic E-state index is 13.3. The van der Waals surface area contributed by atoms with Crippen LogP contribution in [0.4, 0.5) is 18.9 Å². The Kier molecular flexibility index (Phi) is 5.72. The first-order valence-electron chi connectivity index (χ1n) is 9.38. The molecule has 32 heavy (non-hydrogen) atoms. The number of rotatable bonds is 3. The number of halogens is 4. The van der Waals surface area contributed by atoms with Crippen molar-refractivity contribution in [2.24, 2.45) is 0 Å². The Morgan fingerprint density at radius 2 is 1.78 bits per heavy atom. The highest BCUT2D eigenvalue weighted by Crippen LogP contribution is 2.45. The fraction of sp³-hybridized carbons (Fsp3) is 0.130. The summed E-state index contributed by atoms with van der Waals surface area (Å²) in [6.07, 6.45) is -4.62. The second kappa shape index (κ2) is 8.22. The van der Waals surface area contributed by atoms with Gasteiger partial charge in [0.25, 0.3) is 11.7 Å². The van der Waals surface area contributed by atoms with Gasteiger partial charge in [0.05, 0.1) is 11.1 Å². The van der Waals surface area contributed by atoms with Crippen LogP contribution in [0.5, 0.6) is 0 Å². The van der Waals surface area contributed by atoms with Crippen LogP contribution in [0.2, 0.25) is 0 Å². The number of ketones is 1. The van der Waals surface area contributed by atoms with Crippen LogP contribution in [0.3, 0.4) is 0 Å². The van der Waals surface area contributed by atoms with E-state index in [9.17, 15) is 27.9 Å². The Balaban J connectivity index is 1.94. The lowest BCUT2D eigenvalue weighted by molar-refractivity contribution is -0.137. The summed E-state index contributed by atoms with van der Waals surface area (Å²) < 4.78 is 40.7. The lowest BCUT2D eigenvalue weighted by Gasteiger charge is -2.25. The summed E-state index contributed by atoms with van der Waals surface area (Å²) >= 11 is 4.55. The number of amides is 1. The Morgan fingerprint density at radius 1 is 1.09 bits per heavy atom. The summed E-state index contributed by atoms with van der Waals surface area (Å²) in [5.41, 5.74) is -0.114. The smallest absolute Gasteiger partial charge is 0.416 e. The van der Waals surface area contributed by atoms with Crippen molar-refractivity contribution in [2.75, 3.05) is 4.90 Å². The molecule has 1 atom stereocenters. The monoisotopic (exact) mass is 521 g/mol. The van der Waals surface area contributed by atoms with Crippen LogP contribution in [0.25, 0.3) is 5.76 Å². The zero-order valence-electron chi connectivity index (χ0n) is 16.5.